The second-order valence-electron chi connectivity index (χ2n) is 31.2. The Kier molecular flexibility index (Phi) is 24.9. The second-order valence-corrected chi connectivity index (χ2v) is 31.2. The van der Waals surface area contributed by atoms with Crippen molar-refractivity contribution >= 4 is 53.9 Å². The van der Waals surface area contributed by atoms with Gasteiger partial charge in [-0.1, -0.05) is 261 Å². The predicted molar refractivity (Wildman–Crippen MR) is 435 cm³/mol. The highest BCUT2D eigenvalue weighted by atomic mass is 16.7. The monoisotopic (exact) mass is 1340 g/mol. The zero-order chi connectivity index (χ0) is 71.3. The van der Waals surface area contributed by atoms with Gasteiger partial charge < -0.3 is 23.5 Å². The highest BCUT2D eigenvalue weighted by Crippen LogP contribution is 2.49. The first-order valence-corrected chi connectivity index (χ1v) is 38.9. The molecule has 0 atom stereocenters. The molecule has 9 aromatic rings. The SMILES string of the molecule is CCCCCCc1cc(-c2ccc3c(c2)/C(=C\c2ccc(N(c4ccc(C)cc4)c4ccc(C)cc4)cc2)c2cc(-c4ccccc4)ccc2-3)c(CCCCCC)cc1-c1ccccc1.CCCCCCc1cc(B2OC(C)(C)C(C)(C)O2)c(CCCCCC)cc1B1OC(C)(C)C(C)(C)O1. The third-order valence-electron chi connectivity index (χ3n) is 22.4. The summed E-state index contributed by atoms with van der Waals surface area (Å²) >= 11 is 0. The molecule has 2 saturated heterocycles. The molecule has 0 bridgehead atoms. The summed E-state index contributed by atoms with van der Waals surface area (Å²) in [6.45, 7) is 30.5. The summed E-state index contributed by atoms with van der Waals surface area (Å²) in [6, 6.07) is 73.0. The largest absolute Gasteiger partial charge is 0.495 e. The number of fused-ring (bicyclic) bond motifs is 3. The van der Waals surface area contributed by atoms with E-state index < -0.39 is 0 Å². The highest BCUT2D eigenvalue weighted by molar-refractivity contribution is 6.65. The van der Waals surface area contributed by atoms with Crippen LogP contribution in [-0.2, 0) is 44.3 Å². The van der Waals surface area contributed by atoms with Crippen LogP contribution in [0.2, 0.25) is 0 Å². The van der Waals surface area contributed by atoms with E-state index in [1.807, 2.05) is 0 Å². The van der Waals surface area contributed by atoms with Crippen molar-refractivity contribution in [3.63, 3.8) is 0 Å². The lowest BCUT2D eigenvalue weighted by molar-refractivity contribution is 0.00578. The minimum Gasteiger partial charge on any atom is -0.399 e. The van der Waals surface area contributed by atoms with Gasteiger partial charge in [0, 0.05) is 17.1 Å². The van der Waals surface area contributed by atoms with E-state index in [0.29, 0.717) is 0 Å². The number of unbranched alkanes of at least 4 members (excludes halogenated alkanes) is 12. The van der Waals surface area contributed by atoms with Crippen molar-refractivity contribution in [3.05, 3.63) is 244 Å². The average Bonchev–Trinajstić information content (AvgIpc) is 1.56. The smallest absolute Gasteiger partial charge is 0.399 e. The molecule has 2 aliphatic heterocycles. The molecule has 12 rings (SSSR count). The van der Waals surface area contributed by atoms with Crippen molar-refractivity contribution in [3.8, 4) is 44.5 Å². The van der Waals surface area contributed by atoms with E-state index in [1.165, 1.54) is 214 Å². The van der Waals surface area contributed by atoms with Gasteiger partial charge in [0.15, 0.2) is 0 Å². The minimum atomic E-state index is -0.358. The fourth-order valence-corrected chi connectivity index (χ4v) is 14.8. The Balaban J connectivity index is 0.000000242. The maximum Gasteiger partial charge on any atom is 0.495 e. The molecule has 0 saturated carbocycles. The van der Waals surface area contributed by atoms with Crippen molar-refractivity contribution in [2.75, 3.05) is 4.90 Å². The molecule has 5 nitrogen and oxygen atoms in total. The zero-order valence-electron chi connectivity index (χ0n) is 63.9. The Labute approximate surface area is 610 Å². The number of rotatable bonds is 29. The molecule has 0 aromatic heterocycles. The van der Waals surface area contributed by atoms with E-state index in [9.17, 15) is 0 Å². The molecule has 0 N–H and O–H groups in total. The molecule has 2 fully saturated rings. The lowest BCUT2D eigenvalue weighted by Crippen LogP contribution is -2.43. The first kappa shape index (κ1) is 74.7. The fourth-order valence-electron chi connectivity index (χ4n) is 14.8. The van der Waals surface area contributed by atoms with Gasteiger partial charge in [0.2, 0.25) is 0 Å². The topological polar surface area (TPSA) is 40.2 Å². The van der Waals surface area contributed by atoms with Gasteiger partial charge in [0.05, 0.1) is 22.4 Å². The summed E-state index contributed by atoms with van der Waals surface area (Å²) in [4.78, 5) is 2.36. The third-order valence-corrected chi connectivity index (χ3v) is 22.4. The van der Waals surface area contributed by atoms with Gasteiger partial charge in [-0.3, -0.25) is 0 Å². The van der Waals surface area contributed by atoms with Crippen LogP contribution < -0.4 is 15.8 Å². The Morgan fingerprint density at radius 2 is 0.653 bits per heavy atom. The molecular weight excluding hydrogens is 1230 g/mol. The van der Waals surface area contributed by atoms with Crippen molar-refractivity contribution in [2.45, 2.75) is 248 Å². The van der Waals surface area contributed by atoms with Gasteiger partial charge in [0.25, 0.3) is 0 Å². The van der Waals surface area contributed by atoms with E-state index in [4.69, 9.17) is 18.6 Å². The fraction of sp³-hybridized carbons (Fsp3) is 0.404. The van der Waals surface area contributed by atoms with Crippen LogP contribution in [0.4, 0.5) is 17.1 Å². The van der Waals surface area contributed by atoms with Gasteiger partial charge in [-0.15, -0.1) is 0 Å². The minimum absolute atomic E-state index is 0.349. The van der Waals surface area contributed by atoms with Crippen molar-refractivity contribution < 1.29 is 18.6 Å². The predicted octanol–water partition coefficient (Wildman–Crippen LogP) is 25.1. The third kappa shape index (κ3) is 17.8. The normalized spacial score (nSPS) is 15.8. The molecule has 526 valence electrons. The summed E-state index contributed by atoms with van der Waals surface area (Å²) in [5.41, 5.74) is 28.0. The van der Waals surface area contributed by atoms with Crippen LogP contribution in [0, 0.1) is 13.8 Å². The lowest BCUT2D eigenvalue weighted by atomic mass is 9.67. The van der Waals surface area contributed by atoms with Gasteiger partial charge in [-0.25, -0.2) is 0 Å². The number of aryl methyl sites for hydroxylation is 6. The summed E-state index contributed by atoms with van der Waals surface area (Å²) in [6.07, 6.45) is 26.5. The molecule has 3 aliphatic rings. The first-order chi connectivity index (χ1) is 48.7. The average molecular weight is 1340 g/mol. The summed E-state index contributed by atoms with van der Waals surface area (Å²) in [5.74, 6) is 0. The Morgan fingerprint density at radius 3 is 1.05 bits per heavy atom. The van der Waals surface area contributed by atoms with Crippen LogP contribution in [0.1, 0.15) is 236 Å². The van der Waals surface area contributed by atoms with E-state index >= 15 is 0 Å². The molecule has 2 heterocycles. The van der Waals surface area contributed by atoms with Crippen LogP contribution in [0.5, 0.6) is 0 Å². The van der Waals surface area contributed by atoms with Gasteiger partial charge in [-0.05, 0) is 275 Å². The molecule has 0 radical (unpaired) electrons. The number of nitrogens with zero attached hydrogens (tertiary/aromatic N) is 1. The summed E-state index contributed by atoms with van der Waals surface area (Å²) in [5, 5.41) is 0. The molecule has 0 amide bonds. The Bertz CT molecular complexity index is 4060. The van der Waals surface area contributed by atoms with E-state index in [1.54, 1.807) is 0 Å². The highest BCUT2D eigenvalue weighted by Gasteiger charge is 2.54. The summed E-state index contributed by atoms with van der Waals surface area (Å²) in [7, 11) is -0.698. The first-order valence-electron chi connectivity index (χ1n) is 38.9. The quantitative estimate of drug-likeness (QED) is 0.0345. The Hall–Kier alpha value is -7.51. The standard InChI is InChI=1S/C64H63N.C30H52B2O4/c1-5-7-9-13-23-52-44-61(53(24-14-10-8-6-2)43-60(52)50-21-17-12-18-22-50)54-32-40-59-58-39-31-51(49-19-15-11-16-20-49)42-63(58)62(64(59)45-54)41-48-29-37-57(38-30-48)65(55-33-25-46(3)26-34-55)56-35-27-47(4)28-36-56;1-11-13-15-17-19-23-21-26(32-35-29(7,8)30(9,10)36-32)24(20-18-16-14-12-2)22-25(23)31-33-27(3,4)28(5,6)34-31/h11-12,15-22,25-45H,5-10,13-14,23-24H2,1-4H3;21-22H,11-20H2,1-10H3/b62-41-;. The zero-order valence-corrected chi connectivity index (χ0v) is 63.9. The van der Waals surface area contributed by atoms with Gasteiger partial charge in [-0.2, -0.15) is 0 Å². The van der Waals surface area contributed by atoms with Crippen LogP contribution in [-0.4, -0.2) is 36.6 Å². The number of hydrogen-bond donors (Lipinski definition) is 0. The molecule has 9 aromatic carbocycles. The van der Waals surface area contributed by atoms with E-state index in [2.05, 4.69) is 302 Å². The number of benzene rings is 9. The van der Waals surface area contributed by atoms with Crippen LogP contribution in [0.15, 0.2) is 194 Å². The lowest BCUT2D eigenvalue weighted by Gasteiger charge is -2.32. The second kappa shape index (κ2) is 33.7. The van der Waals surface area contributed by atoms with E-state index in [0.717, 1.165) is 42.7 Å². The maximum atomic E-state index is 6.56. The number of anilines is 3. The molecule has 1 aliphatic carbocycles. The van der Waals surface area contributed by atoms with Gasteiger partial charge in [0.1, 0.15) is 0 Å². The van der Waals surface area contributed by atoms with E-state index in [-0.39, 0.29) is 36.6 Å². The van der Waals surface area contributed by atoms with Crippen LogP contribution >= 0.6 is 0 Å². The van der Waals surface area contributed by atoms with Crippen molar-refractivity contribution in [1.82, 2.24) is 0 Å². The molecular formula is C94H115B2NO4. The molecule has 0 unspecified atom stereocenters. The number of hydrogen-bond acceptors (Lipinski definition) is 5. The van der Waals surface area contributed by atoms with Crippen molar-refractivity contribution in [1.29, 1.82) is 0 Å². The van der Waals surface area contributed by atoms with Crippen LogP contribution in [0.3, 0.4) is 0 Å². The van der Waals surface area contributed by atoms with Crippen LogP contribution in [0.25, 0.3) is 56.2 Å². The molecule has 101 heavy (non-hydrogen) atoms. The molecule has 0 spiro atoms. The Morgan fingerprint density at radius 1 is 0.307 bits per heavy atom. The van der Waals surface area contributed by atoms with Crippen molar-refractivity contribution in [2.24, 2.45) is 0 Å². The summed E-state index contributed by atoms with van der Waals surface area (Å²) < 4.78 is 26.3. The molecule has 7 heteroatoms. The maximum absolute atomic E-state index is 6.56. The van der Waals surface area contributed by atoms with Gasteiger partial charge >= 0.3 is 14.2 Å².